The van der Waals surface area contributed by atoms with Crippen molar-refractivity contribution < 1.29 is 9.47 Å². The molecule has 0 heterocycles. The lowest BCUT2D eigenvalue weighted by Crippen LogP contribution is -2.05. The van der Waals surface area contributed by atoms with Crippen molar-refractivity contribution in [3.05, 3.63) is 35.9 Å². The fourth-order valence-electron chi connectivity index (χ4n) is 2.85. The van der Waals surface area contributed by atoms with E-state index in [9.17, 15) is 0 Å². The van der Waals surface area contributed by atoms with Crippen LogP contribution in [0.15, 0.2) is 30.3 Å². The van der Waals surface area contributed by atoms with Crippen LogP contribution in [0.3, 0.4) is 0 Å². The summed E-state index contributed by atoms with van der Waals surface area (Å²) in [7, 11) is 0. The van der Waals surface area contributed by atoms with Crippen molar-refractivity contribution in [3.8, 4) is 0 Å². The monoisotopic (exact) mass is 334 g/mol. The molecule has 0 saturated carbocycles. The van der Waals surface area contributed by atoms with E-state index >= 15 is 0 Å². The molecule has 2 heteroatoms. The Kier molecular flexibility index (Phi) is 15.0. The molecule has 0 N–H and O–H groups in total. The van der Waals surface area contributed by atoms with Crippen molar-refractivity contribution in [3.63, 3.8) is 0 Å². The number of hydrogen-bond acceptors (Lipinski definition) is 2. The van der Waals surface area contributed by atoms with E-state index in [1.807, 2.05) is 18.2 Å². The Labute approximate surface area is 149 Å². The van der Waals surface area contributed by atoms with Crippen LogP contribution in [0.4, 0.5) is 0 Å². The summed E-state index contributed by atoms with van der Waals surface area (Å²) in [5.41, 5.74) is 1.22. The molecule has 2 nitrogen and oxygen atoms in total. The van der Waals surface area contributed by atoms with Crippen molar-refractivity contribution >= 4 is 0 Å². The van der Waals surface area contributed by atoms with E-state index in [1.165, 1.54) is 76.2 Å². The molecule has 0 aliphatic rings. The van der Waals surface area contributed by atoms with Gasteiger partial charge in [-0.05, 0) is 12.0 Å². The van der Waals surface area contributed by atoms with Gasteiger partial charge in [-0.1, -0.05) is 101 Å². The average molecular weight is 335 g/mol. The van der Waals surface area contributed by atoms with Crippen LogP contribution in [-0.4, -0.2) is 19.8 Å². The first-order chi connectivity index (χ1) is 11.9. The fourth-order valence-corrected chi connectivity index (χ4v) is 2.85. The summed E-state index contributed by atoms with van der Waals surface area (Å²) in [4.78, 5) is 0. The highest BCUT2D eigenvalue weighted by Crippen LogP contribution is 2.11. The molecule has 0 radical (unpaired) electrons. The third-order valence-electron chi connectivity index (χ3n) is 4.38. The largest absolute Gasteiger partial charge is 0.379 e. The van der Waals surface area contributed by atoms with Gasteiger partial charge < -0.3 is 9.47 Å². The lowest BCUT2D eigenvalue weighted by Gasteiger charge is -2.06. The minimum absolute atomic E-state index is 0.683. The number of ether oxygens (including phenoxy) is 2. The number of rotatable bonds is 17. The standard InChI is InChI=1S/C22H38O2/c1-2-3-4-5-6-7-8-9-10-11-15-18-23-19-20-24-21-22-16-13-12-14-17-22/h12-14,16-17H,2-11,15,18-21H2,1H3. The van der Waals surface area contributed by atoms with Gasteiger partial charge >= 0.3 is 0 Å². The second-order valence-corrected chi connectivity index (χ2v) is 6.69. The van der Waals surface area contributed by atoms with Gasteiger partial charge in [-0.3, -0.25) is 0 Å². The molecule has 138 valence electrons. The van der Waals surface area contributed by atoms with E-state index in [0.717, 1.165) is 6.61 Å². The lowest BCUT2D eigenvalue weighted by molar-refractivity contribution is 0.0392. The summed E-state index contributed by atoms with van der Waals surface area (Å²) in [5, 5.41) is 0. The van der Waals surface area contributed by atoms with E-state index in [0.29, 0.717) is 19.8 Å². The van der Waals surface area contributed by atoms with Crippen LogP contribution in [-0.2, 0) is 16.1 Å². The van der Waals surface area contributed by atoms with Crippen LogP contribution in [0.5, 0.6) is 0 Å². The van der Waals surface area contributed by atoms with Crippen LogP contribution in [0.2, 0.25) is 0 Å². The predicted octanol–water partition coefficient (Wildman–Crippen LogP) is 6.53. The van der Waals surface area contributed by atoms with Gasteiger partial charge in [0.2, 0.25) is 0 Å². The van der Waals surface area contributed by atoms with Crippen molar-refractivity contribution in [2.45, 2.75) is 84.2 Å². The molecule has 1 rings (SSSR count). The molecule has 0 amide bonds. The van der Waals surface area contributed by atoms with E-state index in [-0.39, 0.29) is 0 Å². The number of unbranched alkanes of at least 4 members (excludes halogenated alkanes) is 10. The summed E-state index contributed by atoms with van der Waals surface area (Å²) in [6.07, 6.45) is 15.2. The summed E-state index contributed by atoms with van der Waals surface area (Å²) in [5.74, 6) is 0. The third kappa shape index (κ3) is 13.6. The van der Waals surface area contributed by atoms with Crippen LogP contribution in [0.1, 0.15) is 83.1 Å². The maximum atomic E-state index is 5.63. The number of hydrogen-bond donors (Lipinski definition) is 0. The maximum absolute atomic E-state index is 5.63. The molecule has 1 aromatic rings. The quantitative estimate of drug-likeness (QED) is 0.301. The Morgan fingerprint density at radius 3 is 1.75 bits per heavy atom. The first-order valence-corrected chi connectivity index (χ1v) is 10.1. The molecule has 1 aromatic carbocycles. The van der Waals surface area contributed by atoms with E-state index in [1.54, 1.807) is 0 Å². The normalized spacial score (nSPS) is 11.0. The minimum atomic E-state index is 0.683. The van der Waals surface area contributed by atoms with E-state index in [2.05, 4.69) is 19.1 Å². The highest BCUT2D eigenvalue weighted by Gasteiger charge is 1.95. The van der Waals surface area contributed by atoms with Gasteiger partial charge in [0.15, 0.2) is 0 Å². The van der Waals surface area contributed by atoms with Crippen LogP contribution in [0.25, 0.3) is 0 Å². The second-order valence-electron chi connectivity index (χ2n) is 6.69. The molecule has 0 atom stereocenters. The molecule has 0 fully saturated rings. The van der Waals surface area contributed by atoms with Crippen molar-refractivity contribution in [2.24, 2.45) is 0 Å². The first kappa shape index (κ1) is 21.2. The van der Waals surface area contributed by atoms with Gasteiger partial charge in [-0.2, -0.15) is 0 Å². The van der Waals surface area contributed by atoms with Gasteiger partial charge in [0.05, 0.1) is 19.8 Å². The molecule has 0 unspecified atom stereocenters. The highest BCUT2D eigenvalue weighted by molar-refractivity contribution is 5.13. The Balaban J connectivity index is 1.70. The zero-order valence-corrected chi connectivity index (χ0v) is 15.8. The second kappa shape index (κ2) is 17.0. The third-order valence-corrected chi connectivity index (χ3v) is 4.38. The number of benzene rings is 1. The van der Waals surface area contributed by atoms with Gasteiger partial charge in [-0.15, -0.1) is 0 Å². The molecular formula is C22H38O2. The highest BCUT2D eigenvalue weighted by atomic mass is 16.5. The lowest BCUT2D eigenvalue weighted by atomic mass is 10.1. The zero-order valence-electron chi connectivity index (χ0n) is 15.8. The molecule has 0 aliphatic carbocycles. The summed E-state index contributed by atoms with van der Waals surface area (Å²) in [6.45, 7) is 5.24. The summed E-state index contributed by atoms with van der Waals surface area (Å²) in [6, 6.07) is 10.3. The van der Waals surface area contributed by atoms with E-state index < -0.39 is 0 Å². The molecule has 0 aliphatic heterocycles. The average Bonchev–Trinajstić information content (AvgIpc) is 2.62. The Morgan fingerprint density at radius 2 is 1.12 bits per heavy atom. The van der Waals surface area contributed by atoms with Gasteiger partial charge in [-0.25, -0.2) is 0 Å². The smallest absolute Gasteiger partial charge is 0.0718 e. The van der Waals surface area contributed by atoms with Crippen molar-refractivity contribution in [2.75, 3.05) is 19.8 Å². The van der Waals surface area contributed by atoms with Crippen molar-refractivity contribution in [1.29, 1.82) is 0 Å². The van der Waals surface area contributed by atoms with Gasteiger partial charge in [0.25, 0.3) is 0 Å². The van der Waals surface area contributed by atoms with Crippen LogP contribution in [0, 0.1) is 0 Å². The Bertz CT molecular complexity index is 350. The predicted molar refractivity (Wildman–Crippen MR) is 103 cm³/mol. The topological polar surface area (TPSA) is 18.5 Å². The minimum Gasteiger partial charge on any atom is -0.379 e. The fraction of sp³-hybridized carbons (Fsp3) is 0.727. The molecule has 0 saturated heterocycles. The zero-order chi connectivity index (χ0) is 17.1. The molecule has 0 aromatic heterocycles. The molecule has 0 bridgehead atoms. The van der Waals surface area contributed by atoms with E-state index in [4.69, 9.17) is 9.47 Å². The summed E-state index contributed by atoms with van der Waals surface area (Å²) < 4.78 is 11.2. The summed E-state index contributed by atoms with van der Waals surface area (Å²) >= 11 is 0. The molecular weight excluding hydrogens is 296 g/mol. The first-order valence-electron chi connectivity index (χ1n) is 10.1. The van der Waals surface area contributed by atoms with Gasteiger partial charge in [0, 0.05) is 6.61 Å². The van der Waals surface area contributed by atoms with Crippen molar-refractivity contribution in [1.82, 2.24) is 0 Å². The van der Waals surface area contributed by atoms with Gasteiger partial charge in [0.1, 0.15) is 0 Å². The van der Waals surface area contributed by atoms with Crippen LogP contribution >= 0.6 is 0 Å². The Morgan fingerprint density at radius 1 is 0.583 bits per heavy atom. The molecule has 0 spiro atoms. The maximum Gasteiger partial charge on any atom is 0.0718 e. The Hall–Kier alpha value is -0.860. The molecule has 24 heavy (non-hydrogen) atoms. The van der Waals surface area contributed by atoms with Crippen LogP contribution < -0.4 is 0 Å². The SMILES string of the molecule is CCCCCCCCCCCCCOCCOCc1ccccc1.